The number of nitrogens with zero attached hydrogens (tertiary/aromatic N) is 1. The Morgan fingerprint density at radius 2 is 1.42 bits per heavy atom. The number of hydrogen-bond acceptors (Lipinski definition) is 3. The summed E-state index contributed by atoms with van der Waals surface area (Å²) >= 11 is 0. The number of hydrogen-bond donors (Lipinski definition) is 3. The van der Waals surface area contributed by atoms with Gasteiger partial charge in [0.25, 0.3) is 5.84 Å². The predicted octanol–water partition coefficient (Wildman–Crippen LogP) is 3.38. The summed E-state index contributed by atoms with van der Waals surface area (Å²) in [7, 11) is 0. The zero-order valence-corrected chi connectivity index (χ0v) is 15.6. The molecule has 0 aromatic carbocycles. The summed E-state index contributed by atoms with van der Waals surface area (Å²) in [6, 6.07) is 0. The van der Waals surface area contributed by atoms with Crippen LogP contribution in [0.25, 0.3) is 0 Å². The summed E-state index contributed by atoms with van der Waals surface area (Å²) < 4.78 is 0. The van der Waals surface area contributed by atoms with Gasteiger partial charge in [-0.3, -0.25) is 4.99 Å². The van der Waals surface area contributed by atoms with Crippen LogP contribution in [0.2, 0.25) is 0 Å². The molecule has 0 bridgehead atoms. The van der Waals surface area contributed by atoms with E-state index in [0.717, 1.165) is 25.1 Å². The fourth-order valence-electron chi connectivity index (χ4n) is 3.12. The Morgan fingerprint density at radius 3 is 1.88 bits per heavy atom. The molecule has 4 heteroatoms. The average molecular weight is 336 g/mol. The highest BCUT2D eigenvalue weighted by Gasteiger charge is 2.06. The minimum absolute atomic E-state index is 0.838. The largest absolute Gasteiger partial charge is 0.403 e. The second-order valence-electron chi connectivity index (χ2n) is 7.04. The standard InChI is InChI=1S/C20H38N4/c1-19(21)15-13-11-9-7-5-3-2-4-6-8-10-12-14-16-20-22-17-18-23-24-20/h18H,1-17,21H2,(H,22,24)/p+1. The van der Waals surface area contributed by atoms with Crippen LogP contribution >= 0.6 is 0 Å². The highest BCUT2D eigenvalue weighted by molar-refractivity contribution is 5.79. The van der Waals surface area contributed by atoms with E-state index in [2.05, 4.69) is 22.1 Å². The smallest absolute Gasteiger partial charge is 0.267 e. The molecule has 0 amide bonds. The number of allylic oxidation sites excluding steroid dienone is 1. The van der Waals surface area contributed by atoms with Crippen molar-refractivity contribution in [3.8, 4) is 0 Å². The number of hydrazone groups is 1. The monoisotopic (exact) mass is 335 g/mol. The van der Waals surface area contributed by atoms with Crippen molar-refractivity contribution < 1.29 is 4.99 Å². The number of rotatable bonds is 16. The van der Waals surface area contributed by atoms with Crippen LogP contribution < -0.4 is 16.2 Å². The summed E-state index contributed by atoms with van der Waals surface area (Å²) in [5, 5.41) is 4.07. The quantitative estimate of drug-likeness (QED) is 0.379. The Hall–Kier alpha value is -1.32. The van der Waals surface area contributed by atoms with Crippen molar-refractivity contribution in [3.05, 3.63) is 12.3 Å². The molecule has 0 atom stereocenters. The van der Waals surface area contributed by atoms with Crippen LogP contribution in [0.4, 0.5) is 0 Å². The van der Waals surface area contributed by atoms with Gasteiger partial charge in [-0.2, -0.15) is 5.43 Å². The second kappa shape index (κ2) is 15.2. The van der Waals surface area contributed by atoms with Crippen LogP contribution in [0.1, 0.15) is 96.3 Å². The van der Waals surface area contributed by atoms with Crippen LogP contribution in [0.5, 0.6) is 0 Å². The molecule has 0 saturated heterocycles. The van der Waals surface area contributed by atoms with Crippen molar-refractivity contribution in [1.82, 2.24) is 5.43 Å². The molecule has 1 aliphatic heterocycles. The van der Waals surface area contributed by atoms with Crippen LogP contribution in [-0.2, 0) is 0 Å². The van der Waals surface area contributed by atoms with E-state index in [4.69, 9.17) is 5.73 Å². The number of nitrogens with two attached hydrogens (primary N) is 1. The normalized spacial score (nSPS) is 13.6. The van der Waals surface area contributed by atoms with Gasteiger partial charge in [0.1, 0.15) is 6.54 Å². The van der Waals surface area contributed by atoms with Crippen LogP contribution in [-0.4, -0.2) is 18.6 Å². The van der Waals surface area contributed by atoms with Gasteiger partial charge in [0, 0.05) is 5.70 Å². The van der Waals surface area contributed by atoms with Crippen molar-refractivity contribution in [3.63, 3.8) is 0 Å². The van der Waals surface area contributed by atoms with Crippen molar-refractivity contribution in [2.24, 2.45) is 10.8 Å². The topological polar surface area (TPSA) is 64.4 Å². The van der Waals surface area contributed by atoms with Crippen LogP contribution in [0.3, 0.4) is 0 Å². The van der Waals surface area contributed by atoms with Gasteiger partial charge in [0.05, 0.1) is 12.6 Å². The molecule has 0 aromatic rings. The first-order valence-electron chi connectivity index (χ1n) is 10.1. The Kier molecular flexibility index (Phi) is 13.1. The fraction of sp³-hybridized carbons (Fsp3) is 0.800. The average Bonchev–Trinajstić information content (AvgIpc) is 2.59. The first-order chi connectivity index (χ1) is 11.8. The molecular formula is C20H39N4+. The molecule has 0 saturated carbocycles. The SMILES string of the molecule is C=C(N)CCCCCCCCCCCCCCCC1=[NH+]CC=NN1. The van der Waals surface area contributed by atoms with Gasteiger partial charge < -0.3 is 5.73 Å². The number of amidine groups is 1. The Labute approximate surface area is 149 Å². The van der Waals surface area contributed by atoms with Gasteiger partial charge in [-0.25, -0.2) is 0 Å². The third-order valence-electron chi connectivity index (χ3n) is 4.62. The lowest BCUT2D eigenvalue weighted by atomic mass is 10.0. The second-order valence-corrected chi connectivity index (χ2v) is 7.04. The molecule has 1 rings (SSSR count). The molecule has 1 aliphatic rings. The van der Waals surface area contributed by atoms with E-state index in [9.17, 15) is 0 Å². The van der Waals surface area contributed by atoms with E-state index in [1.54, 1.807) is 0 Å². The lowest BCUT2D eigenvalue weighted by molar-refractivity contribution is -0.443. The van der Waals surface area contributed by atoms with E-state index < -0.39 is 0 Å². The highest BCUT2D eigenvalue weighted by atomic mass is 15.3. The number of nitrogens with one attached hydrogen (secondary N) is 2. The molecule has 0 unspecified atom stereocenters. The van der Waals surface area contributed by atoms with Gasteiger partial charge in [-0.05, 0) is 19.3 Å². The van der Waals surface area contributed by atoms with Gasteiger partial charge in [-0.15, -0.1) is 0 Å². The third-order valence-corrected chi connectivity index (χ3v) is 4.62. The maximum absolute atomic E-state index is 5.57. The highest BCUT2D eigenvalue weighted by Crippen LogP contribution is 2.13. The van der Waals surface area contributed by atoms with Crippen molar-refractivity contribution >= 4 is 12.1 Å². The Morgan fingerprint density at radius 1 is 0.917 bits per heavy atom. The van der Waals surface area contributed by atoms with Crippen molar-refractivity contribution in [2.45, 2.75) is 96.3 Å². The van der Waals surface area contributed by atoms with Crippen LogP contribution in [0.15, 0.2) is 17.4 Å². The van der Waals surface area contributed by atoms with Crippen molar-refractivity contribution in [1.29, 1.82) is 0 Å². The third kappa shape index (κ3) is 13.1. The molecular weight excluding hydrogens is 296 g/mol. The predicted molar refractivity (Wildman–Crippen MR) is 105 cm³/mol. The van der Waals surface area contributed by atoms with Gasteiger partial charge in [-0.1, -0.05) is 82.3 Å². The lowest BCUT2D eigenvalue weighted by Crippen LogP contribution is -2.77. The fourth-order valence-corrected chi connectivity index (χ4v) is 3.12. The first-order valence-corrected chi connectivity index (χ1v) is 10.1. The molecule has 4 nitrogen and oxygen atoms in total. The van der Waals surface area contributed by atoms with E-state index in [1.807, 2.05) is 6.21 Å². The minimum Gasteiger partial charge on any atom is -0.403 e. The van der Waals surface area contributed by atoms with Gasteiger partial charge >= 0.3 is 0 Å². The molecule has 0 spiro atoms. The first kappa shape index (κ1) is 20.7. The van der Waals surface area contributed by atoms with Crippen LogP contribution in [0, 0.1) is 0 Å². The van der Waals surface area contributed by atoms with E-state index >= 15 is 0 Å². The molecule has 0 radical (unpaired) electrons. The zero-order chi connectivity index (χ0) is 17.3. The molecule has 1 heterocycles. The van der Waals surface area contributed by atoms with E-state index in [-0.39, 0.29) is 0 Å². The Bertz CT molecular complexity index is 374. The maximum atomic E-state index is 5.57. The minimum atomic E-state index is 0.838. The molecule has 4 N–H and O–H groups in total. The molecule has 138 valence electrons. The lowest BCUT2D eigenvalue weighted by Gasteiger charge is -2.04. The molecule has 0 aliphatic carbocycles. The summed E-state index contributed by atoms with van der Waals surface area (Å²) in [6.07, 6.45) is 21.7. The van der Waals surface area contributed by atoms with Gasteiger partial charge in [0.2, 0.25) is 0 Å². The summed E-state index contributed by atoms with van der Waals surface area (Å²) in [5.74, 6) is 1.19. The van der Waals surface area contributed by atoms with E-state index in [1.165, 1.54) is 89.3 Å². The van der Waals surface area contributed by atoms with Crippen molar-refractivity contribution in [2.75, 3.05) is 6.54 Å². The molecule has 0 fully saturated rings. The maximum Gasteiger partial charge on any atom is 0.267 e. The van der Waals surface area contributed by atoms with E-state index in [0.29, 0.717) is 0 Å². The molecule has 24 heavy (non-hydrogen) atoms. The zero-order valence-electron chi connectivity index (χ0n) is 15.6. The summed E-state index contributed by atoms with van der Waals surface area (Å²) in [5.41, 5.74) is 9.44. The van der Waals surface area contributed by atoms with Gasteiger partial charge in [0.15, 0.2) is 0 Å². The molecule has 0 aromatic heterocycles. The number of unbranched alkanes of at least 4 members (excludes halogenated alkanes) is 12. The summed E-state index contributed by atoms with van der Waals surface area (Å²) in [4.78, 5) is 3.32. The Balaban J connectivity index is 1.70. The summed E-state index contributed by atoms with van der Waals surface area (Å²) in [6.45, 7) is 4.61.